The van der Waals surface area contributed by atoms with Crippen molar-refractivity contribution < 1.29 is 9.53 Å². The van der Waals surface area contributed by atoms with Gasteiger partial charge in [-0.25, -0.2) is 4.79 Å². The average Bonchev–Trinajstić information content (AvgIpc) is 2.14. The van der Waals surface area contributed by atoms with Gasteiger partial charge in [0.05, 0.1) is 0 Å². The van der Waals surface area contributed by atoms with Crippen molar-refractivity contribution in [1.82, 2.24) is 4.90 Å². The number of carbonyl (C=O) groups excluding carboxylic acids is 1. The molecule has 1 heterocycles. The standard InChI is InChI=1S/C13H23NO2/c1-6-11-7-10(2)8-14(9-11)12(15)16-13(3,4)5/h6,10-11H,1,7-9H2,2-5H3/t10-,11+/m0/s1. The van der Waals surface area contributed by atoms with Crippen molar-refractivity contribution in [3.8, 4) is 0 Å². The lowest BCUT2D eigenvalue weighted by atomic mass is 9.91. The molecule has 0 radical (unpaired) electrons. The highest BCUT2D eigenvalue weighted by Gasteiger charge is 2.29. The molecule has 1 fully saturated rings. The molecule has 92 valence electrons. The Hall–Kier alpha value is -0.990. The first-order valence-corrected chi connectivity index (χ1v) is 5.92. The molecule has 3 heteroatoms. The average molecular weight is 225 g/mol. The van der Waals surface area contributed by atoms with Gasteiger partial charge in [-0.3, -0.25) is 0 Å². The summed E-state index contributed by atoms with van der Waals surface area (Å²) in [6.45, 7) is 13.2. The molecule has 0 bridgehead atoms. The van der Waals surface area contributed by atoms with Crippen LogP contribution in [0.1, 0.15) is 34.1 Å². The monoisotopic (exact) mass is 225 g/mol. The van der Waals surface area contributed by atoms with E-state index in [1.807, 2.05) is 26.8 Å². The minimum atomic E-state index is -0.415. The quantitative estimate of drug-likeness (QED) is 0.642. The predicted octanol–water partition coefficient (Wildman–Crippen LogP) is 3.07. The van der Waals surface area contributed by atoms with Crippen LogP contribution in [0.4, 0.5) is 4.79 Å². The van der Waals surface area contributed by atoms with Gasteiger partial charge < -0.3 is 9.64 Å². The number of nitrogens with zero attached hydrogens (tertiary/aromatic N) is 1. The van der Waals surface area contributed by atoms with Crippen LogP contribution in [0.15, 0.2) is 12.7 Å². The molecule has 1 rings (SSSR count). The van der Waals surface area contributed by atoms with Crippen molar-refractivity contribution >= 4 is 6.09 Å². The van der Waals surface area contributed by atoms with Crippen LogP contribution in [-0.2, 0) is 4.74 Å². The maximum absolute atomic E-state index is 11.9. The molecule has 0 N–H and O–H groups in total. The molecule has 0 aromatic heterocycles. The van der Waals surface area contributed by atoms with Crippen LogP contribution in [0, 0.1) is 11.8 Å². The van der Waals surface area contributed by atoms with E-state index in [0.29, 0.717) is 11.8 Å². The predicted molar refractivity (Wildman–Crippen MR) is 65.3 cm³/mol. The van der Waals surface area contributed by atoms with Crippen molar-refractivity contribution in [2.75, 3.05) is 13.1 Å². The Morgan fingerprint density at radius 1 is 1.44 bits per heavy atom. The SMILES string of the molecule is C=C[C@@H]1C[C@H](C)CN(C(=O)OC(C)(C)C)C1. The van der Waals surface area contributed by atoms with Gasteiger partial charge in [-0.05, 0) is 39.0 Å². The van der Waals surface area contributed by atoms with Crippen LogP contribution in [0.3, 0.4) is 0 Å². The first-order valence-electron chi connectivity index (χ1n) is 5.92. The van der Waals surface area contributed by atoms with Gasteiger partial charge in [0.2, 0.25) is 0 Å². The molecule has 1 aliphatic rings. The van der Waals surface area contributed by atoms with E-state index in [9.17, 15) is 4.79 Å². The number of rotatable bonds is 1. The summed E-state index contributed by atoms with van der Waals surface area (Å²) < 4.78 is 5.37. The van der Waals surface area contributed by atoms with Crippen LogP contribution in [0.25, 0.3) is 0 Å². The number of hydrogen-bond acceptors (Lipinski definition) is 2. The minimum Gasteiger partial charge on any atom is -0.444 e. The number of piperidine rings is 1. The van der Waals surface area contributed by atoms with Crippen molar-refractivity contribution in [1.29, 1.82) is 0 Å². The summed E-state index contributed by atoms with van der Waals surface area (Å²) in [4.78, 5) is 13.7. The summed E-state index contributed by atoms with van der Waals surface area (Å²) in [5, 5.41) is 0. The first kappa shape index (κ1) is 13.1. The number of carbonyl (C=O) groups is 1. The van der Waals surface area contributed by atoms with E-state index in [0.717, 1.165) is 19.5 Å². The second-order valence-electron chi connectivity index (χ2n) is 5.72. The van der Waals surface area contributed by atoms with Crippen molar-refractivity contribution in [3.05, 3.63) is 12.7 Å². The highest BCUT2D eigenvalue weighted by molar-refractivity contribution is 5.68. The lowest BCUT2D eigenvalue weighted by Crippen LogP contribution is -2.45. The van der Waals surface area contributed by atoms with E-state index in [2.05, 4.69) is 13.5 Å². The summed E-state index contributed by atoms with van der Waals surface area (Å²) in [6.07, 6.45) is 2.85. The van der Waals surface area contributed by atoms with Crippen molar-refractivity contribution in [2.24, 2.45) is 11.8 Å². The smallest absolute Gasteiger partial charge is 0.410 e. The molecule has 0 unspecified atom stereocenters. The second kappa shape index (κ2) is 4.89. The zero-order valence-corrected chi connectivity index (χ0v) is 10.8. The number of amides is 1. The van der Waals surface area contributed by atoms with Crippen LogP contribution in [-0.4, -0.2) is 29.7 Å². The molecule has 0 saturated carbocycles. The highest BCUT2D eigenvalue weighted by Crippen LogP contribution is 2.23. The molecule has 16 heavy (non-hydrogen) atoms. The van der Waals surface area contributed by atoms with E-state index in [4.69, 9.17) is 4.74 Å². The molecule has 2 atom stereocenters. The molecule has 1 amide bonds. The van der Waals surface area contributed by atoms with Gasteiger partial charge >= 0.3 is 6.09 Å². The zero-order chi connectivity index (χ0) is 12.3. The summed E-state index contributed by atoms with van der Waals surface area (Å²) in [6, 6.07) is 0. The van der Waals surface area contributed by atoms with Gasteiger partial charge in [0.1, 0.15) is 5.60 Å². The Morgan fingerprint density at radius 3 is 2.56 bits per heavy atom. The Morgan fingerprint density at radius 2 is 2.06 bits per heavy atom. The second-order valence-corrected chi connectivity index (χ2v) is 5.72. The van der Waals surface area contributed by atoms with E-state index in [1.54, 1.807) is 4.90 Å². The summed E-state index contributed by atoms with van der Waals surface area (Å²) >= 11 is 0. The molecule has 0 aliphatic carbocycles. The fraction of sp³-hybridized carbons (Fsp3) is 0.769. The van der Waals surface area contributed by atoms with E-state index < -0.39 is 5.60 Å². The molecular formula is C13H23NO2. The van der Waals surface area contributed by atoms with Gasteiger partial charge in [0.15, 0.2) is 0 Å². The minimum absolute atomic E-state index is 0.203. The zero-order valence-electron chi connectivity index (χ0n) is 10.8. The van der Waals surface area contributed by atoms with E-state index in [-0.39, 0.29) is 6.09 Å². The Balaban J connectivity index is 2.58. The van der Waals surface area contributed by atoms with Gasteiger partial charge in [0.25, 0.3) is 0 Å². The largest absolute Gasteiger partial charge is 0.444 e. The Labute approximate surface area is 98.5 Å². The highest BCUT2D eigenvalue weighted by atomic mass is 16.6. The number of ether oxygens (including phenoxy) is 1. The van der Waals surface area contributed by atoms with Gasteiger partial charge in [0, 0.05) is 13.1 Å². The van der Waals surface area contributed by atoms with Gasteiger partial charge in [-0.15, -0.1) is 6.58 Å². The summed E-state index contributed by atoms with van der Waals surface area (Å²) in [7, 11) is 0. The van der Waals surface area contributed by atoms with Gasteiger partial charge in [-0.1, -0.05) is 13.0 Å². The van der Waals surface area contributed by atoms with Crippen LogP contribution < -0.4 is 0 Å². The Kier molecular flexibility index (Phi) is 4.00. The maximum Gasteiger partial charge on any atom is 0.410 e. The number of likely N-dealkylation sites (tertiary alicyclic amines) is 1. The third kappa shape index (κ3) is 3.87. The molecular weight excluding hydrogens is 202 g/mol. The summed E-state index contributed by atoms with van der Waals surface area (Å²) in [5.74, 6) is 0.917. The third-order valence-electron chi connectivity index (χ3n) is 2.68. The molecule has 1 aliphatic heterocycles. The van der Waals surface area contributed by atoms with E-state index >= 15 is 0 Å². The molecule has 1 saturated heterocycles. The molecule has 3 nitrogen and oxygen atoms in total. The van der Waals surface area contributed by atoms with Crippen molar-refractivity contribution in [3.63, 3.8) is 0 Å². The molecule has 0 aromatic rings. The lowest BCUT2D eigenvalue weighted by molar-refractivity contribution is 0.0136. The van der Waals surface area contributed by atoms with Crippen LogP contribution >= 0.6 is 0 Å². The number of hydrogen-bond donors (Lipinski definition) is 0. The third-order valence-corrected chi connectivity index (χ3v) is 2.68. The van der Waals surface area contributed by atoms with Crippen LogP contribution in [0.2, 0.25) is 0 Å². The topological polar surface area (TPSA) is 29.5 Å². The normalized spacial score (nSPS) is 26.4. The Bertz CT molecular complexity index is 268. The van der Waals surface area contributed by atoms with Crippen molar-refractivity contribution in [2.45, 2.75) is 39.7 Å². The lowest BCUT2D eigenvalue weighted by Gasteiger charge is -2.36. The molecule has 0 spiro atoms. The van der Waals surface area contributed by atoms with Gasteiger partial charge in [-0.2, -0.15) is 0 Å². The first-order chi connectivity index (χ1) is 7.31. The van der Waals surface area contributed by atoms with Crippen LogP contribution in [0.5, 0.6) is 0 Å². The molecule has 0 aromatic carbocycles. The maximum atomic E-state index is 11.9. The van der Waals surface area contributed by atoms with E-state index in [1.165, 1.54) is 0 Å². The fourth-order valence-electron chi connectivity index (χ4n) is 2.05. The summed E-state index contributed by atoms with van der Waals surface area (Å²) in [5.41, 5.74) is -0.415. The fourth-order valence-corrected chi connectivity index (χ4v) is 2.05.